The van der Waals surface area contributed by atoms with Crippen LogP contribution in [0.25, 0.3) is 0 Å². The van der Waals surface area contributed by atoms with Crippen LogP contribution in [0.15, 0.2) is 5.38 Å². The highest BCUT2D eigenvalue weighted by molar-refractivity contribution is 7.10. The van der Waals surface area contributed by atoms with Gasteiger partial charge in [-0.1, -0.05) is 20.8 Å². The Balaban J connectivity index is 2.12. The quantitative estimate of drug-likeness (QED) is 0.891. The summed E-state index contributed by atoms with van der Waals surface area (Å²) in [5, 5.41) is 14.2. The Labute approximate surface area is 119 Å². The fourth-order valence-electron chi connectivity index (χ4n) is 2.54. The van der Waals surface area contributed by atoms with Gasteiger partial charge in [0.15, 0.2) is 0 Å². The maximum absolute atomic E-state index is 12.3. The Kier molecular flexibility index (Phi) is 4.63. The molecule has 0 spiro atoms. The van der Waals surface area contributed by atoms with Crippen molar-refractivity contribution < 1.29 is 9.90 Å². The minimum Gasteiger partial charge on any atom is -0.394 e. The number of thiophene rings is 1. The molecule has 1 aromatic rings. The Morgan fingerprint density at radius 2 is 2.32 bits per heavy atom. The first-order valence-corrected chi connectivity index (χ1v) is 7.91. The molecule has 19 heavy (non-hydrogen) atoms. The van der Waals surface area contributed by atoms with Crippen molar-refractivity contribution in [2.24, 2.45) is 11.8 Å². The van der Waals surface area contributed by atoms with Crippen LogP contribution in [0.3, 0.4) is 0 Å². The summed E-state index contributed by atoms with van der Waals surface area (Å²) >= 11 is 1.70. The molecule has 4 heteroatoms. The first kappa shape index (κ1) is 14.5. The van der Waals surface area contributed by atoms with E-state index in [1.54, 1.807) is 11.3 Å². The number of hydrogen-bond acceptors (Lipinski definition) is 3. The van der Waals surface area contributed by atoms with Crippen LogP contribution in [0, 0.1) is 11.8 Å². The van der Waals surface area contributed by atoms with Crippen LogP contribution >= 0.6 is 11.3 Å². The minimum atomic E-state index is -0.162. The average Bonchev–Trinajstić information content (AvgIpc) is 2.78. The summed E-state index contributed by atoms with van der Waals surface area (Å²) in [5.74, 6) is 0.936. The molecule has 1 amide bonds. The molecule has 2 unspecified atom stereocenters. The van der Waals surface area contributed by atoms with Gasteiger partial charge in [0.05, 0.1) is 18.2 Å². The topological polar surface area (TPSA) is 49.3 Å². The van der Waals surface area contributed by atoms with Crippen LogP contribution in [-0.2, 0) is 12.8 Å². The van der Waals surface area contributed by atoms with Gasteiger partial charge in [-0.05, 0) is 36.7 Å². The summed E-state index contributed by atoms with van der Waals surface area (Å²) in [5.41, 5.74) is 2.06. The lowest BCUT2D eigenvalue weighted by atomic mass is 9.88. The Morgan fingerprint density at radius 3 is 2.95 bits per heavy atom. The van der Waals surface area contributed by atoms with E-state index in [0.29, 0.717) is 0 Å². The second-order valence-electron chi connectivity index (χ2n) is 5.91. The van der Waals surface area contributed by atoms with Crippen LogP contribution in [0.5, 0.6) is 0 Å². The molecule has 3 nitrogen and oxygen atoms in total. The monoisotopic (exact) mass is 281 g/mol. The molecular weight excluding hydrogens is 258 g/mol. The first-order chi connectivity index (χ1) is 9.02. The standard InChI is InChI=1S/C15H23NO2S/c1-9(2)13(7-17)16-15(18)12-8-19-14-6-10(3)4-5-11(12)14/h8-10,13,17H,4-7H2,1-3H3,(H,16,18). The lowest BCUT2D eigenvalue weighted by Gasteiger charge is -2.22. The van der Waals surface area contributed by atoms with Gasteiger partial charge in [0.2, 0.25) is 0 Å². The summed E-state index contributed by atoms with van der Waals surface area (Å²) in [6.45, 7) is 6.27. The number of rotatable bonds is 4. The van der Waals surface area contributed by atoms with Crippen molar-refractivity contribution >= 4 is 17.2 Å². The molecule has 0 saturated carbocycles. The Morgan fingerprint density at radius 1 is 1.58 bits per heavy atom. The minimum absolute atomic E-state index is 0.00717. The zero-order chi connectivity index (χ0) is 14.0. The van der Waals surface area contributed by atoms with E-state index in [-0.39, 0.29) is 24.5 Å². The van der Waals surface area contributed by atoms with E-state index in [2.05, 4.69) is 12.2 Å². The summed E-state index contributed by atoms with van der Waals surface area (Å²) in [6.07, 6.45) is 3.27. The van der Waals surface area contributed by atoms with Crippen LogP contribution < -0.4 is 5.32 Å². The summed E-state index contributed by atoms with van der Waals surface area (Å²) in [6, 6.07) is -0.162. The second-order valence-corrected chi connectivity index (χ2v) is 6.87. The van der Waals surface area contributed by atoms with Gasteiger partial charge in [-0.3, -0.25) is 4.79 Å². The number of fused-ring (bicyclic) bond motifs is 1. The fraction of sp³-hybridized carbons (Fsp3) is 0.667. The van der Waals surface area contributed by atoms with Crippen LogP contribution in [0.1, 0.15) is 48.0 Å². The molecule has 1 aliphatic rings. The highest BCUT2D eigenvalue weighted by Crippen LogP contribution is 2.32. The van der Waals surface area contributed by atoms with Crippen molar-refractivity contribution in [1.29, 1.82) is 0 Å². The molecule has 1 heterocycles. The smallest absolute Gasteiger partial charge is 0.252 e. The van der Waals surface area contributed by atoms with Gasteiger partial charge in [-0.25, -0.2) is 0 Å². The third-order valence-corrected chi connectivity index (χ3v) is 5.02. The molecule has 106 valence electrons. The van der Waals surface area contributed by atoms with Crippen molar-refractivity contribution in [2.45, 2.75) is 46.1 Å². The molecule has 0 fully saturated rings. The maximum Gasteiger partial charge on any atom is 0.252 e. The van der Waals surface area contributed by atoms with Gasteiger partial charge in [-0.2, -0.15) is 0 Å². The largest absolute Gasteiger partial charge is 0.394 e. The third kappa shape index (κ3) is 3.18. The fourth-order valence-corrected chi connectivity index (χ4v) is 3.78. The van der Waals surface area contributed by atoms with Gasteiger partial charge < -0.3 is 10.4 Å². The van der Waals surface area contributed by atoms with Crippen molar-refractivity contribution in [2.75, 3.05) is 6.61 Å². The Hall–Kier alpha value is -0.870. The van der Waals surface area contributed by atoms with E-state index in [4.69, 9.17) is 0 Å². The van der Waals surface area contributed by atoms with Gasteiger partial charge in [-0.15, -0.1) is 11.3 Å². The molecule has 1 aromatic heterocycles. The molecular formula is C15H23NO2S. The van der Waals surface area contributed by atoms with E-state index in [0.717, 1.165) is 30.7 Å². The average molecular weight is 281 g/mol. The predicted molar refractivity (Wildman–Crippen MR) is 78.7 cm³/mol. The number of carbonyl (C=O) groups excluding carboxylic acids is 1. The maximum atomic E-state index is 12.3. The van der Waals surface area contributed by atoms with E-state index in [9.17, 15) is 9.90 Å². The lowest BCUT2D eigenvalue weighted by molar-refractivity contribution is 0.0896. The molecule has 2 N–H and O–H groups in total. The summed E-state index contributed by atoms with van der Waals surface area (Å²) in [7, 11) is 0. The third-order valence-electron chi connectivity index (χ3n) is 3.96. The highest BCUT2D eigenvalue weighted by Gasteiger charge is 2.24. The SMILES string of the molecule is CC1CCc2c(C(=O)NC(CO)C(C)C)csc2C1. The van der Waals surface area contributed by atoms with Gasteiger partial charge in [0, 0.05) is 10.3 Å². The van der Waals surface area contributed by atoms with Crippen molar-refractivity contribution in [3.05, 3.63) is 21.4 Å². The number of hydrogen-bond donors (Lipinski definition) is 2. The number of nitrogens with one attached hydrogen (secondary N) is 1. The van der Waals surface area contributed by atoms with Gasteiger partial charge in [0.1, 0.15) is 0 Å². The summed E-state index contributed by atoms with van der Waals surface area (Å²) in [4.78, 5) is 13.7. The van der Waals surface area contributed by atoms with Gasteiger partial charge in [0.25, 0.3) is 5.91 Å². The predicted octanol–water partition coefficient (Wildman–Crippen LogP) is 2.62. The number of amides is 1. The molecule has 0 radical (unpaired) electrons. The van der Waals surface area contributed by atoms with E-state index in [1.807, 2.05) is 19.2 Å². The molecule has 0 aromatic carbocycles. The van der Waals surface area contributed by atoms with Crippen LogP contribution in [-0.4, -0.2) is 23.7 Å². The van der Waals surface area contributed by atoms with E-state index >= 15 is 0 Å². The number of carbonyl (C=O) groups is 1. The molecule has 2 rings (SSSR count). The molecule has 1 aliphatic carbocycles. The highest BCUT2D eigenvalue weighted by atomic mass is 32.1. The second kappa shape index (κ2) is 6.06. The van der Waals surface area contributed by atoms with E-state index in [1.165, 1.54) is 10.4 Å². The van der Waals surface area contributed by atoms with Crippen LogP contribution in [0.2, 0.25) is 0 Å². The normalized spacial score (nSPS) is 20.2. The lowest BCUT2D eigenvalue weighted by Crippen LogP contribution is -2.41. The van der Waals surface area contributed by atoms with Crippen molar-refractivity contribution in [1.82, 2.24) is 5.32 Å². The first-order valence-electron chi connectivity index (χ1n) is 7.03. The Bertz CT molecular complexity index is 453. The molecule has 0 saturated heterocycles. The summed E-state index contributed by atoms with van der Waals surface area (Å²) < 4.78 is 0. The zero-order valence-corrected chi connectivity index (χ0v) is 12.7. The number of aliphatic hydroxyl groups is 1. The van der Waals surface area contributed by atoms with Gasteiger partial charge >= 0.3 is 0 Å². The van der Waals surface area contributed by atoms with E-state index < -0.39 is 0 Å². The molecule has 2 atom stereocenters. The molecule has 0 bridgehead atoms. The molecule has 0 aliphatic heterocycles. The zero-order valence-electron chi connectivity index (χ0n) is 11.9. The number of aliphatic hydroxyl groups excluding tert-OH is 1. The van der Waals surface area contributed by atoms with Crippen molar-refractivity contribution in [3.8, 4) is 0 Å². The van der Waals surface area contributed by atoms with Crippen molar-refractivity contribution in [3.63, 3.8) is 0 Å². The van der Waals surface area contributed by atoms with Crippen LogP contribution in [0.4, 0.5) is 0 Å².